The van der Waals surface area contributed by atoms with E-state index in [9.17, 15) is 5.11 Å². The lowest BCUT2D eigenvalue weighted by atomic mass is 10.3. The van der Waals surface area contributed by atoms with Gasteiger partial charge in [0.1, 0.15) is 12.4 Å². The minimum Gasteiger partial charge on any atom is -0.467 e. The lowest BCUT2D eigenvalue weighted by Gasteiger charge is -2.11. The van der Waals surface area contributed by atoms with Crippen LogP contribution in [0, 0.1) is 6.92 Å². The van der Waals surface area contributed by atoms with Crippen LogP contribution in [-0.4, -0.2) is 24.4 Å². The molecule has 5 heteroatoms. The molecule has 0 radical (unpaired) electrons. The van der Waals surface area contributed by atoms with E-state index in [0.717, 1.165) is 12.3 Å². The minimum absolute atomic E-state index is 0.303. The first-order chi connectivity index (χ1) is 9.24. The van der Waals surface area contributed by atoms with Crippen LogP contribution in [0.1, 0.15) is 15.5 Å². The summed E-state index contributed by atoms with van der Waals surface area (Å²) in [4.78, 5) is 2.58. The lowest BCUT2D eigenvalue weighted by Crippen LogP contribution is -2.29. The zero-order chi connectivity index (χ0) is 13.5. The average molecular weight is 281 g/mol. The van der Waals surface area contributed by atoms with Crippen LogP contribution in [-0.2, 0) is 17.9 Å². The molecule has 1 unspecified atom stereocenters. The fourth-order valence-electron chi connectivity index (χ4n) is 1.69. The number of thiophene rings is 1. The van der Waals surface area contributed by atoms with Crippen molar-refractivity contribution in [3.05, 3.63) is 46.0 Å². The van der Waals surface area contributed by atoms with Gasteiger partial charge in [-0.1, -0.05) is 0 Å². The molecule has 0 saturated heterocycles. The molecule has 0 fully saturated rings. The molecule has 0 aromatic carbocycles. The van der Waals surface area contributed by atoms with Gasteiger partial charge in [-0.15, -0.1) is 11.3 Å². The van der Waals surface area contributed by atoms with Gasteiger partial charge in [0.15, 0.2) is 0 Å². The van der Waals surface area contributed by atoms with Crippen LogP contribution >= 0.6 is 11.3 Å². The summed E-state index contributed by atoms with van der Waals surface area (Å²) in [5.74, 6) is 0.772. The predicted octanol–water partition coefficient (Wildman–Crippen LogP) is 2.32. The Morgan fingerprint density at radius 1 is 1.42 bits per heavy atom. The number of aliphatic hydroxyl groups excluding tert-OH is 1. The number of hydrogen-bond acceptors (Lipinski definition) is 5. The SMILES string of the molecule is Cc1ccc(CNCC(O)COCc2ccco2)s1. The first kappa shape index (κ1) is 14.3. The molecule has 2 heterocycles. The van der Waals surface area contributed by atoms with Crippen molar-refractivity contribution in [2.75, 3.05) is 13.2 Å². The van der Waals surface area contributed by atoms with Crippen LogP contribution in [0.3, 0.4) is 0 Å². The number of rotatable bonds is 8. The highest BCUT2D eigenvalue weighted by molar-refractivity contribution is 7.11. The van der Waals surface area contributed by atoms with E-state index in [1.165, 1.54) is 9.75 Å². The molecule has 0 aliphatic carbocycles. The van der Waals surface area contributed by atoms with Crippen LogP contribution in [0.15, 0.2) is 34.9 Å². The highest BCUT2D eigenvalue weighted by Gasteiger charge is 2.05. The Morgan fingerprint density at radius 2 is 2.32 bits per heavy atom. The Hall–Kier alpha value is -1.14. The molecule has 104 valence electrons. The summed E-state index contributed by atoms with van der Waals surface area (Å²) in [6, 6.07) is 7.88. The molecule has 19 heavy (non-hydrogen) atoms. The second-order valence-corrected chi connectivity index (χ2v) is 5.76. The molecule has 0 aliphatic heterocycles. The molecule has 2 rings (SSSR count). The quantitative estimate of drug-likeness (QED) is 0.779. The number of aliphatic hydroxyl groups is 1. The van der Waals surface area contributed by atoms with Gasteiger partial charge in [-0.2, -0.15) is 0 Å². The van der Waals surface area contributed by atoms with Gasteiger partial charge in [0, 0.05) is 22.8 Å². The number of aryl methyl sites for hydroxylation is 1. The highest BCUT2D eigenvalue weighted by atomic mass is 32.1. The van der Waals surface area contributed by atoms with Gasteiger partial charge in [0.2, 0.25) is 0 Å². The molecule has 0 aliphatic rings. The maximum atomic E-state index is 9.75. The summed E-state index contributed by atoms with van der Waals surface area (Å²) in [6.45, 7) is 4.10. The molecule has 0 saturated carbocycles. The van der Waals surface area contributed by atoms with Crippen molar-refractivity contribution in [3.63, 3.8) is 0 Å². The minimum atomic E-state index is -0.504. The van der Waals surface area contributed by atoms with Crippen molar-refractivity contribution in [1.82, 2.24) is 5.32 Å². The highest BCUT2D eigenvalue weighted by Crippen LogP contribution is 2.14. The molecular formula is C14H19NO3S. The summed E-state index contributed by atoms with van der Waals surface area (Å²) in [5, 5.41) is 13.0. The predicted molar refractivity (Wildman–Crippen MR) is 75.1 cm³/mol. The van der Waals surface area contributed by atoms with Crippen LogP contribution in [0.4, 0.5) is 0 Å². The Morgan fingerprint density at radius 3 is 3.00 bits per heavy atom. The molecule has 2 aromatic heterocycles. The van der Waals surface area contributed by atoms with E-state index < -0.39 is 6.10 Å². The number of hydrogen-bond donors (Lipinski definition) is 2. The standard InChI is InChI=1S/C14H19NO3S/c1-11-4-5-14(19-11)8-15-7-12(16)9-17-10-13-3-2-6-18-13/h2-6,12,15-16H,7-10H2,1H3. The average Bonchev–Trinajstić information content (AvgIpc) is 3.01. The van der Waals surface area contributed by atoms with E-state index in [1.807, 2.05) is 12.1 Å². The topological polar surface area (TPSA) is 54.6 Å². The molecule has 2 aromatic rings. The monoisotopic (exact) mass is 281 g/mol. The third-order valence-corrected chi connectivity index (χ3v) is 3.61. The Balaban J connectivity index is 1.55. The fourth-order valence-corrected chi connectivity index (χ4v) is 2.55. The zero-order valence-corrected chi connectivity index (χ0v) is 11.8. The normalized spacial score (nSPS) is 12.7. The number of ether oxygens (including phenoxy) is 1. The zero-order valence-electron chi connectivity index (χ0n) is 11.0. The van der Waals surface area contributed by atoms with Crippen molar-refractivity contribution in [2.24, 2.45) is 0 Å². The van der Waals surface area contributed by atoms with Crippen molar-refractivity contribution in [1.29, 1.82) is 0 Å². The number of furan rings is 1. The van der Waals surface area contributed by atoms with Crippen molar-refractivity contribution < 1.29 is 14.3 Å². The third kappa shape index (κ3) is 5.16. The van der Waals surface area contributed by atoms with Crippen molar-refractivity contribution >= 4 is 11.3 Å². The molecule has 4 nitrogen and oxygen atoms in total. The largest absolute Gasteiger partial charge is 0.467 e. The maximum Gasteiger partial charge on any atom is 0.129 e. The van der Waals surface area contributed by atoms with E-state index in [1.54, 1.807) is 17.6 Å². The summed E-state index contributed by atoms with van der Waals surface area (Å²) in [5.41, 5.74) is 0. The van der Waals surface area contributed by atoms with Gasteiger partial charge in [-0.05, 0) is 31.2 Å². The Kier molecular flexibility index (Phi) is 5.60. The summed E-state index contributed by atoms with van der Waals surface area (Å²) in [6.07, 6.45) is 1.11. The summed E-state index contributed by atoms with van der Waals surface area (Å²) < 4.78 is 10.5. The molecular weight excluding hydrogens is 262 g/mol. The molecule has 2 N–H and O–H groups in total. The summed E-state index contributed by atoms with van der Waals surface area (Å²) in [7, 11) is 0. The van der Waals surface area contributed by atoms with Crippen molar-refractivity contribution in [3.8, 4) is 0 Å². The van der Waals surface area contributed by atoms with E-state index in [4.69, 9.17) is 9.15 Å². The van der Waals surface area contributed by atoms with E-state index >= 15 is 0 Å². The van der Waals surface area contributed by atoms with Gasteiger partial charge in [0.05, 0.1) is 19.0 Å². The number of nitrogens with one attached hydrogen (secondary N) is 1. The lowest BCUT2D eigenvalue weighted by molar-refractivity contribution is 0.0226. The Labute approximate surface area is 117 Å². The second kappa shape index (κ2) is 7.45. The molecule has 0 spiro atoms. The van der Waals surface area contributed by atoms with Gasteiger partial charge in [-0.25, -0.2) is 0 Å². The van der Waals surface area contributed by atoms with Crippen molar-refractivity contribution in [2.45, 2.75) is 26.2 Å². The van der Waals surface area contributed by atoms with Gasteiger partial charge >= 0.3 is 0 Å². The molecule has 1 atom stereocenters. The first-order valence-corrected chi connectivity index (χ1v) is 7.10. The fraction of sp³-hybridized carbons (Fsp3) is 0.429. The van der Waals surface area contributed by atoms with Gasteiger partial charge < -0.3 is 19.6 Å². The van der Waals surface area contributed by atoms with Crippen LogP contribution in [0.25, 0.3) is 0 Å². The first-order valence-electron chi connectivity index (χ1n) is 6.28. The van der Waals surface area contributed by atoms with Gasteiger partial charge in [0.25, 0.3) is 0 Å². The third-order valence-electron chi connectivity index (χ3n) is 2.61. The Bertz CT molecular complexity index is 467. The van der Waals surface area contributed by atoms with E-state index in [2.05, 4.69) is 24.4 Å². The molecule has 0 bridgehead atoms. The van der Waals surface area contributed by atoms with E-state index in [0.29, 0.717) is 19.8 Å². The summed E-state index contributed by atoms with van der Waals surface area (Å²) >= 11 is 1.77. The molecule has 0 amide bonds. The van der Waals surface area contributed by atoms with Crippen LogP contribution in [0.2, 0.25) is 0 Å². The van der Waals surface area contributed by atoms with Crippen LogP contribution in [0.5, 0.6) is 0 Å². The smallest absolute Gasteiger partial charge is 0.129 e. The van der Waals surface area contributed by atoms with E-state index in [-0.39, 0.29) is 0 Å². The maximum absolute atomic E-state index is 9.75. The van der Waals surface area contributed by atoms with Crippen LogP contribution < -0.4 is 5.32 Å². The van der Waals surface area contributed by atoms with Gasteiger partial charge in [-0.3, -0.25) is 0 Å². The second-order valence-electron chi connectivity index (χ2n) is 4.39.